The summed E-state index contributed by atoms with van der Waals surface area (Å²) in [5, 5.41) is 12.3. The van der Waals surface area contributed by atoms with Gasteiger partial charge in [-0.05, 0) is 66.6 Å². The topological polar surface area (TPSA) is 58.6 Å². The van der Waals surface area contributed by atoms with Crippen LogP contribution in [0.2, 0.25) is 0 Å². The highest BCUT2D eigenvalue weighted by molar-refractivity contribution is 5.96. The fourth-order valence-electron chi connectivity index (χ4n) is 2.46. The Morgan fingerprint density at radius 2 is 1.70 bits per heavy atom. The molecule has 0 aromatic heterocycles. The lowest BCUT2D eigenvalue weighted by atomic mass is 10.1. The minimum absolute atomic E-state index is 0.134. The Hall–Kier alpha value is -3.41. The Labute approximate surface area is 155 Å². The first kappa shape index (κ1) is 18.4. The molecule has 0 radical (unpaired) electrons. The Balaban J connectivity index is 1.71. The maximum Gasteiger partial charge on any atom is 0.255 e. The molecule has 3 rings (SSSR count). The van der Waals surface area contributed by atoms with Crippen molar-refractivity contribution in [1.29, 1.82) is 0 Å². The van der Waals surface area contributed by atoms with Gasteiger partial charge in [-0.2, -0.15) is 0 Å². The predicted molar refractivity (Wildman–Crippen MR) is 96.9 cm³/mol. The van der Waals surface area contributed by atoms with E-state index in [-0.39, 0.29) is 23.7 Å². The van der Waals surface area contributed by atoms with Crippen LogP contribution in [0, 0.1) is 18.6 Å². The van der Waals surface area contributed by atoms with Crippen LogP contribution in [0.5, 0.6) is 17.2 Å². The zero-order chi connectivity index (χ0) is 19.4. The average Bonchev–Trinajstić information content (AvgIpc) is 2.66. The van der Waals surface area contributed by atoms with E-state index < -0.39 is 11.7 Å². The summed E-state index contributed by atoms with van der Waals surface area (Å²) in [6.07, 6.45) is 0. The molecule has 0 aliphatic rings. The van der Waals surface area contributed by atoms with E-state index in [1.165, 1.54) is 24.3 Å². The molecule has 0 fully saturated rings. The number of phenolic OH excluding ortho intramolecular Hbond substituents is 1. The minimum atomic E-state index is -0.608. The van der Waals surface area contributed by atoms with E-state index >= 15 is 0 Å². The van der Waals surface area contributed by atoms with Crippen molar-refractivity contribution in [3.8, 4) is 17.2 Å². The van der Waals surface area contributed by atoms with Gasteiger partial charge in [-0.1, -0.05) is 12.1 Å². The van der Waals surface area contributed by atoms with E-state index in [0.717, 1.165) is 29.3 Å². The molecule has 0 spiro atoms. The van der Waals surface area contributed by atoms with Gasteiger partial charge in [0, 0.05) is 6.54 Å². The largest absolute Gasteiger partial charge is 0.507 e. The van der Waals surface area contributed by atoms with E-state index in [1.807, 2.05) is 19.1 Å². The van der Waals surface area contributed by atoms with Crippen LogP contribution in [0.3, 0.4) is 0 Å². The highest BCUT2D eigenvalue weighted by Gasteiger charge is 2.12. The Kier molecular flexibility index (Phi) is 5.35. The summed E-state index contributed by atoms with van der Waals surface area (Å²) >= 11 is 0. The Morgan fingerprint density at radius 1 is 1.00 bits per heavy atom. The first-order chi connectivity index (χ1) is 12.9. The molecule has 4 nitrogen and oxygen atoms in total. The van der Waals surface area contributed by atoms with Crippen molar-refractivity contribution in [3.63, 3.8) is 0 Å². The van der Waals surface area contributed by atoms with E-state index in [1.54, 1.807) is 6.07 Å². The van der Waals surface area contributed by atoms with Gasteiger partial charge in [0.1, 0.15) is 28.9 Å². The van der Waals surface area contributed by atoms with Crippen molar-refractivity contribution >= 4 is 5.91 Å². The Morgan fingerprint density at radius 3 is 2.44 bits per heavy atom. The highest BCUT2D eigenvalue weighted by atomic mass is 19.1. The number of carbonyl (C=O) groups excluding carboxylic acids is 1. The number of nitrogens with one attached hydrogen (secondary N) is 1. The number of aryl methyl sites for hydroxylation is 1. The maximum absolute atomic E-state index is 13.3. The molecule has 27 heavy (non-hydrogen) atoms. The van der Waals surface area contributed by atoms with Crippen LogP contribution in [0.15, 0.2) is 60.7 Å². The van der Waals surface area contributed by atoms with Gasteiger partial charge >= 0.3 is 0 Å². The number of hydrogen-bond acceptors (Lipinski definition) is 3. The monoisotopic (exact) mass is 369 g/mol. The molecule has 3 aromatic carbocycles. The van der Waals surface area contributed by atoms with Gasteiger partial charge in [-0.3, -0.25) is 4.79 Å². The molecule has 6 heteroatoms. The summed E-state index contributed by atoms with van der Waals surface area (Å²) in [5.41, 5.74) is 1.49. The van der Waals surface area contributed by atoms with Crippen molar-refractivity contribution in [1.82, 2.24) is 5.32 Å². The lowest BCUT2D eigenvalue weighted by Gasteiger charge is -2.12. The van der Waals surface area contributed by atoms with Gasteiger partial charge in [-0.25, -0.2) is 8.78 Å². The molecular weight excluding hydrogens is 352 g/mol. The van der Waals surface area contributed by atoms with Gasteiger partial charge < -0.3 is 15.2 Å². The number of aromatic hydroxyl groups is 1. The average molecular weight is 369 g/mol. The first-order valence-electron chi connectivity index (χ1n) is 8.22. The third-order valence-electron chi connectivity index (χ3n) is 3.95. The molecule has 0 bridgehead atoms. The zero-order valence-corrected chi connectivity index (χ0v) is 14.5. The number of phenols is 1. The molecular formula is C21H17F2NO3. The summed E-state index contributed by atoms with van der Waals surface area (Å²) < 4.78 is 32.0. The van der Waals surface area contributed by atoms with Gasteiger partial charge in [0.2, 0.25) is 0 Å². The van der Waals surface area contributed by atoms with Crippen molar-refractivity contribution in [2.24, 2.45) is 0 Å². The van der Waals surface area contributed by atoms with Crippen molar-refractivity contribution in [3.05, 3.63) is 89.0 Å². The number of ether oxygens (including phenoxy) is 1. The molecule has 0 atom stereocenters. The van der Waals surface area contributed by atoms with Crippen molar-refractivity contribution in [2.45, 2.75) is 13.5 Å². The number of halogens is 2. The summed E-state index contributed by atoms with van der Waals surface area (Å²) in [6.45, 7) is 2.03. The standard InChI is InChI=1S/C21H17F2NO3/c1-13-2-3-14(10-20(13)27-17-7-4-15(22)5-8-17)12-24-21(26)18-11-16(23)6-9-19(18)25/h2-11,25H,12H2,1H3,(H,24,26). The van der Waals surface area contributed by atoms with Crippen LogP contribution in [-0.2, 0) is 6.54 Å². The smallest absolute Gasteiger partial charge is 0.255 e. The van der Waals surface area contributed by atoms with E-state index in [4.69, 9.17) is 4.74 Å². The van der Waals surface area contributed by atoms with E-state index in [2.05, 4.69) is 5.32 Å². The van der Waals surface area contributed by atoms with Crippen molar-refractivity contribution in [2.75, 3.05) is 0 Å². The van der Waals surface area contributed by atoms with Crippen LogP contribution in [0.1, 0.15) is 21.5 Å². The first-order valence-corrected chi connectivity index (χ1v) is 8.22. The molecule has 0 saturated heterocycles. The van der Waals surface area contributed by atoms with E-state index in [0.29, 0.717) is 11.5 Å². The van der Waals surface area contributed by atoms with Crippen LogP contribution in [0.25, 0.3) is 0 Å². The lowest BCUT2D eigenvalue weighted by molar-refractivity contribution is 0.0947. The SMILES string of the molecule is Cc1ccc(CNC(=O)c2cc(F)ccc2O)cc1Oc1ccc(F)cc1. The third-order valence-corrected chi connectivity index (χ3v) is 3.95. The second-order valence-corrected chi connectivity index (χ2v) is 6.00. The molecule has 2 N–H and O–H groups in total. The minimum Gasteiger partial charge on any atom is -0.507 e. The quantitative estimate of drug-likeness (QED) is 0.685. The molecule has 0 unspecified atom stereocenters. The van der Waals surface area contributed by atoms with Gasteiger partial charge in [0.25, 0.3) is 5.91 Å². The van der Waals surface area contributed by atoms with Gasteiger partial charge in [-0.15, -0.1) is 0 Å². The Bertz CT molecular complexity index is 972. The number of amides is 1. The highest BCUT2D eigenvalue weighted by Crippen LogP contribution is 2.26. The van der Waals surface area contributed by atoms with Crippen LogP contribution >= 0.6 is 0 Å². The fraction of sp³-hybridized carbons (Fsp3) is 0.0952. The zero-order valence-electron chi connectivity index (χ0n) is 14.5. The van der Waals surface area contributed by atoms with E-state index in [9.17, 15) is 18.7 Å². The fourth-order valence-corrected chi connectivity index (χ4v) is 2.46. The molecule has 0 heterocycles. The summed E-state index contributed by atoms with van der Waals surface area (Å²) in [6, 6.07) is 14.2. The van der Waals surface area contributed by atoms with Crippen molar-refractivity contribution < 1.29 is 23.4 Å². The molecule has 0 aliphatic heterocycles. The molecule has 1 amide bonds. The summed E-state index contributed by atoms with van der Waals surface area (Å²) in [5.74, 6) is -0.779. The number of benzene rings is 3. The number of hydrogen-bond donors (Lipinski definition) is 2. The second kappa shape index (κ2) is 7.86. The summed E-state index contributed by atoms with van der Waals surface area (Å²) in [7, 11) is 0. The third kappa shape index (κ3) is 4.61. The molecule has 138 valence electrons. The van der Waals surface area contributed by atoms with Gasteiger partial charge in [0.05, 0.1) is 5.56 Å². The lowest BCUT2D eigenvalue weighted by Crippen LogP contribution is -2.23. The van der Waals surface area contributed by atoms with Crippen LogP contribution in [0.4, 0.5) is 8.78 Å². The molecule has 3 aromatic rings. The number of carbonyl (C=O) groups is 1. The molecule has 0 saturated carbocycles. The van der Waals surface area contributed by atoms with Crippen LogP contribution in [-0.4, -0.2) is 11.0 Å². The van der Waals surface area contributed by atoms with Gasteiger partial charge in [0.15, 0.2) is 0 Å². The van der Waals surface area contributed by atoms with Crippen LogP contribution < -0.4 is 10.1 Å². The predicted octanol–water partition coefficient (Wildman–Crippen LogP) is 4.70. The maximum atomic E-state index is 13.3. The second-order valence-electron chi connectivity index (χ2n) is 6.00. The normalized spacial score (nSPS) is 10.5. The molecule has 0 aliphatic carbocycles. The number of rotatable bonds is 5. The summed E-state index contributed by atoms with van der Waals surface area (Å²) in [4.78, 5) is 12.2.